The predicted octanol–water partition coefficient (Wildman–Crippen LogP) is 4.83. The third-order valence-corrected chi connectivity index (χ3v) is 4.85. The van der Waals surface area contributed by atoms with E-state index in [4.69, 9.17) is 0 Å². The second-order valence-electron chi connectivity index (χ2n) is 5.14. The third-order valence-electron chi connectivity index (χ3n) is 3.66. The highest BCUT2D eigenvalue weighted by Gasteiger charge is 2.18. The Morgan fingerprint density at radius 2 is 1.67 bits per heavy atom. The van der Waals surface area contributed by atoms with Crippen LogP contribution in [0.4, 0.5) is 4.39 Å². The molecule has 21 heavy (non-hydrogen) atoms. The Morgan fingerprint density at radius 3 is 2.19 bits per heavy atom. The monoisotopic (exact) mass is 303 g/mol. The summed E-state index contributed by atoms with van der Waals surface area (Å²) in [7, 11) is 1.99. The quantitative estimate of drug-likeness (QED) is 0.767. The first-order chi connectivity index (χ1) is 10.1. The molecule has 0 saturated heterocycles. The second kappa shape index (κ2) is 7.62. The van der Waals surface area contributed by atoms with Gasteiger partial charge in [-0.05, 0) is 48.9 Å². The van der Waals surface area contributed by atoms with E-state index in [9.17, 15) is 4.39 Å². The Bertz CT molecular complexity index is 550. The molecule has 0 fully saturated rings. The van der Waals surface area contributed by atoms with Crippen molar-refractivity contribution in [3.63, 3.8) is 0 Å². The van der Waals surface area contributed by atoms with E-state index < -0.39 is 0 Å². The van der Waals surface area contributed by atoms with Crippen molar-refractivity contribution in [2.75, 3.05) is 7.05 Å². The number of hydrogen-bond acceptors (Lipinski definition) is 2. The van der Waals surface area contributed by atoms with Crippen LogP contribution in [-0.2, 0) is 6.42 Å². The summed E-state index contributed by atoms with van der Waals surface area (Å²) in [6, 6.07) is 15.7. The molecule has 2 atom stereocenters. The Kier molecular flexibility index (Phi) is 5.83. The van der Waals surface area contributed by atoms with Gasteiger partial charge in [-0.3, -0.25) is 0 Å². The smallest absolute Gasteiger partial charge is 0.123 e. The standard InChI is InChI=1S/C18H22FNS/c1-4-14-5-7-15(8-6-14)18(20-3)13(2)21-17-11-9-16(19)10-12-17/h5-13,18,20H,4H2,1-3H3. The minimum Gasteiger partial charge on any atom is -0.312 e. The van der Waals surface area contributed by atoms with Crippen LogP contribution in [0.5, 0.6) is 0 Å². The Balaban J connectivity index is 2.09. The van der Waals surface area contributed by atoms with E-state index >= 15 is 0 Å². The maximum absolute atomic E-state index is 13.0. The molecule has 1 nitrogen and oxygen atoms in total. The first-order valence-electron chi connectivity index (χ1n) is 7.32. The average molecular weight is 303 g/mol. The number of halogens is 1. The molecule has 0 aliphatic heterocycles. The van der Waals surface area contributed by atoms with Gasteiger partial charge in [0.05, 0.1) is 0 Å². The lowest BCUT2D eigenvalue weighted by Crippen LogP contribution is -2.25. The highest BCUT2D eigenvalue weighted by Crippen LogP contribution is 2.32. The van der Waals surface area contributed by atoms with Crippen LogP contribution < -0.4 is 5.32 Å². The van der Waals surface area contributed by atoms with E-state index in [2.05, 4.69) is 43.4 Å². The summed E-state index contributed by atoms with van der Waals surface area (Å²) in [5.74, 6) is -0.188. The van der Waals surface area contributed by atoms with Crippen LogP contribution in [0, 0.1) is 5.82 Å². The molecule has 0 aliphatic rings. The van der Waals surface area contributed by atoms with Gasteiger partial charge in [0.25, 0.3) is 0 Å². The maximum atomic E-state index is 13.0. The highest BCUT2D eigenvalue weighted by atomic mass is 32.2. The molecule has 3 heteroatoms. The van der Waals surface area contributed by atoms with Crippen molar-refractivity contribution in [1.82, 2.24) is 5.32 Å². The Labute approximate surface area is 131 Å². The van der Waals surface area contributed by atoms with Crippen molar-refractivity contribution < 1.29 is 4.39 Å². The fourth-order valence-corrected chi connectivity index (χ4v) is 3.58. The topological polar surface area (TPSA) is 12.0 Å². The Hall–Kier alpha value is -1.32. The molecule has 0 amide bonds. The van der Waals surface area contributed by atoms with Crippen molar-refractivity contribution in [1.29, 1.82) is 0 Å². The van der Waals surface area contributed by atoms with Crippen LogP contribution in [-0.4, -0.2) is 12.3 Å². The van der Waals surface area contributed by atoms with Crippen LogP contribution in [0.25, 0.3) is 0 Å². The normalized spacial score (nSPS) is 13.9. The van der Waals surface area contributed by atoms with E-state index in [1.165, 1.54) is 23.3 Å². The number of benzene rings is 2. The van der Waals surface area contributed by atoms with Gasteiger partial charge >= 0.3 is 0 Å². The molecule has 2 unspecified atom stereocenters. The SMILES string of the molecule is CCc1ccc(C(NC)C(C)Sc2ccc(F)cc2)cc1. The van der Waals surface area contributed by atoms with Crippen molar-refractivity contribution in [3.05, 3.63) is 65.5 Å². The molecule has 1 N–H and O–H groups in total. The van der Waals surface area contributed by atoms with Gasteiger partial charge in [-0.25, -0.2) is 4.39 Å². The predicted molar refractivity (Wildman–Crippen MR) is 89.3 cm³/mol. The molecule has 0 bridgehead atoms. The molecule has 2 rings (SSSR count). The largest absolute Gasteiger partial charge is 0.312 e. The van der Waals surface area contributed by atoms with Crippen molar-refractivity contribution in [3.8, 4) is 0 Å². The van der Waals surface area contributed by atoms with Gasteiger partial charge in [-0.15, -0.1) is 11.8 Å². The fourth-order valence-electron chi connectivity index (χ4n) is 2.43. The van der Waals surface area contributed by atoms with Crippen molar-refractivity contribution in [2.45, 2.75) is 36.5 Å². The van der Waals surface area contributed by atoms with E-state index in [0.29, 0.717) is 5.25 Å². The number of nitrogens with one attached hydrogen (secondary N) is 1. The number of aryl methyl sites for hydroxylation is 1. The molecule has 2 aromatic rings. The zero-order chi connectivity index (χ0) is 15.2. The van der Waals surface area contributed by atoms with Crippen LogP contribution in [0.1, 0.15) is 31.0 Å². The van der Waals surface area contributed by atoms with Crippen LogP contribution >= 0.6 is 11.8 Å². The second-order valence-corrected chi connectivity index (χ2v) is 6.59. The summed E-state index contributed by atoms with van der Waals surface area (Å²) in [5, 5.41) is 3.75. The van der Waals surface area contributed by atoms with Gasteiger partial charge in [0.1, 0.15) is 5.82 Å². The molecular formula is C18H22FNS. The molecule has 0 radical (unpaired) electrons. The van der Waals surface area contributed by atoms with Crippen molar-refractivity contribution >= 4 is 11.8 Å². The first kappa shape index (κ1) is 16.1. The van der Waals surface area contributed by atoms with Crippen LogP contribution in [0.2, 0.25) is 0 Å². The zero-order valence-electron chi connectivity index (χ0n) is 12.8. The molecule has 0 aromatic heterocycles. The van der Waals surface area contributed by atoms with Crippen molar-refractivity contribution in [2.24, 2.45) is 0 Å². The molecule has 112 valence electrons. The summed E-state index contributed by atoms with van der Waals surface area (Å²) >= 11 is 1.76. The minimum absolute atomic E-state index is 0.188. The molecule has 0 spiro atoms. The summed E-state index contributed by atoms with van der Waals surface area (Å²) < 4.78 is 13.0. The maximum Gasteiger partial charge on any atom is 0.123 e. The number of rotatable bonds is 6. The summed E-state index contributed by atoms with van der Waals surface area (Å²) in [5.41, 5.74) is 2.64. The minimum atomic E-state index is -0.188. The van der Waals surface area contributed by atoms with E-state index in [-0.39, 0.29) is 11.9 Å². The zero-order valence-corrected chi connectivity index (χ0v) is 13.6. The van der Waals surface area contributed by atoms with E-state index in [1.807, 2.05) is 19.2 Å². The third kappa shape index (κ3) is 4.32. The summed E-state index contributed by atoms with van der Waals surface area (Å²) in [4.78, 5) is 1.09. The lowest BCUT2D eigenvalue weighted by Gasteiger charge is -2.24. The van der Waals surface area contributed by atoms with E-state index in [1.54, 1.807) is 11.8 Å². The van der Waals surface area contributed by atoms with Gasteiger partial charge < -0.3 is 5.32 Å². The van der Waals surface area contributed by atoms with E-state index in [0.717, 1.165) is 11.3 Å². The molecular weight excluding hydrogens is 281 g/mol. The van der Waals surface area contributed by atoms with Crippen LogP contribution in [0.3, 0.4) is 0 Å². The molecule has 0 heterocycles. The summed E-state index contributed by atoms with van der Waals surface area (Å²) in [6.45, 7) is 4.36. The average Bonchev–Trinajstić information content (AvgIpc) is 2.51. The van der Waals surface area contributed by atoms with Gasteiger partial charge in [-0.2, -0.15) is 0 Å². The van der Waals surface area contributed by atoms with Gasteiger partial charge in [0.2, 0.25) is 0 Å². The molecule has 0 saturated carbocycles. The molecule has 2 aromatic carbocycles. The lowest BCUT2D eigenvalue weighted by molar-refractivity contribution is 0.589. The highest BCUT2D eigenvalue weighted by molar-refractivity contribution is 8.00. The lowest BCUT2D eigenvalue weighted by atomic mass is 10.0. The fraction of sp³-hybridized carbons (Fsp3) is 0.333. The number of thioether (sulfide) groups is 1. The van der Waals surface area contributed by atoms with Gasteiger partial charge in [-0.1, -0.05) is 38.1 Å². The Morgan fingerprint density at radius 1 is 1.05 bits per heavy atom. The van der Waals surface area contributed by atoms with Crippen LogP contribution in [0.15, 0.2) is 53.4 Å². The van der Waals surface area contributed by atoms with Gasteiger partial charge in [0, 0.05) is 16.2 Å². The summed E-state index contributed by atoms with van der Waals surface area (Å²) in [6.07, 6.45) is 1.06. The number of hydrogen-bond donors (Lipinski definition) is 1. The first-order valence-corrected chi connectivity index (χ1v) is 8.20. The molecule has 0 aliphatic carbocycles. The van der Waals surface area contributed by atoms with Gasteiger partial charge in [0.15, 0.2) is 0 Å².